The lowest BCUT2D eigenvalue weighted by atomic mass is 10.1. The van der Waals surface area contributed by atoms with Gasteiger partial charge in [0.15, 0.2) is 0 Å². The standard InChI is InChI=1S/C17H17NO2/c1-20-17(19)12-6-8-15(9-7-12)18-16-10-13-4-2-3-5-14(13)11-16/h2-9,16,18H,10-11H2,1H3. The van der Waals surface area contributed by atoms with Crippen molar-refractivity contribution in [2.24, 2.45) is 0 Å². The minimum atomic E-state index is -0.301. The summed E-state index contributed by atoms with van der Waals surface area (Å²) in [7, 11) is 1.39. The molecule has 0 aliphatic heterocycles. The van der Waals surface area contributed by atoms with E-state index in [0.717, 1.165) is 18.5 Å². The van der Waals surface area contributed by atoms with E-state index in [1.807, 2.05) is 12.1 Å². The summed E-state index contributed by atoms with van der Waals surface area (Å²) in [4.78, 5) is 11.4. The lowest BCUT2D eigenvalue weighted by Gasteiger charge is -2.13. The van der Waals surface area contributed by atoms with Crippen molar-refractivity contribution in [2.75, 3.05) is 12.4 Å². The van der Waals surface area contributed by atoms with Gasteiger partial charge in [0.25, 0.3) is 0 Å². The van der Waals surface area contributed by atoms with E-state index in [9.17, 15) is 4.79 Å². The Hall–Kier alpha value is -2.29. The molecular weight excluding hydrogens is 250 g/mol. The Balaban J connectivity index is 1.66. The third kappa shape index (κ3) is 2.52. The Labute approximate surface area is 118 Å². The summed E-state index contributed by atoms with van der Waals surface area (Å²) < 4.78 is 4.69. The monoisotopic (exact) mass is 267 g/mol. The van der Waals surface area contributed by atoms with Gasteiger partial charge in [-0.15, -0.1) is 0 Å². The Morgan fingerprint density at radius 2 is 1.65 bits per heavy atom. The number of carbonyl (C=O) groups is 1. The van der Waals surface area contributed by atoms with Crippen LogP contribution in [0.4, 0.5) is 5.69 Å². The van der Waals surface area contributed by atoms with E-state index >= 15 is 0 Å². The second kappa shape index (κ2) is 5.37. The van der Waals surface area contributed by atoms with Gasteiger partial charge in [-0.1, -0.05) is 24.3 Å². The van der Waals surface area contributed by atoms with Crippen molar-refractivity contribution < 1.29 is 9.53 Å². The molecule has 0 amide bonds. The van der Waals surface area contributed by atoms with Crippen LogP contribution >= 0.6 is 0 Å². The fourth-order valence-electron chi connectivity index (χ4n) is 2.72. The number of hydrogen-bond acceptors (Lipinski definition) is 3. The van der Waals surface area contributed by atoms with Crippen LogP contribution in [0.2, 0.25) is 0 Å². The van der Waals surface area contributed by atoms with Crippen LogP contribution < -0.4 is 5.32 Å². The van der Waals surface area contributed by atoms with Gasteiger partial charge in [0.2, 0.25) is 0 Å². The summed E-state index contributed by atoms with van der Waals surface area (Å²) in [6.45, 7) is 0. The molecule has 0 atom stereocenters. The van der Waals surface area contributed by atoms with E-state index in [2.05, 4.69) is 29.6 Å². The fourth-order valence-corrected chi connectivity index (χ4v) is 2.72. The molecule has 0 radical (unpaired) electrons. The third-order valence-corrected chi connectivity index (χ3v) is 3.73. The number of methoxy groups -OCH3 is 1. The maximum Gasteiger partial charge on any atom is 0.337 e. The van der Waals surface area contributed by atoms with Crippen molar-refractivity contribution in [3.05, 3.63) is 65.2 Å². The van der Waals surface area contributed by atoms with Crippen LogP contribution in [0, 0.1) is 0 Å². The number of benzene rings is 2. The normalized spacial score (nSPS) is 13.8. The number of nitrogens with one attached hydrogen (secondary N) is 1. The molecule has 3 nitrogen and oxygen atoms in total. The quantitative estimate of drug-likeness (QED) is 0.869. The fraction of sp³-hybridized carbons (Fsp3) is 0.235. The zero-order valence-electron chi connectivity index (χ0n) is 11.4. The van der Waals surface area contributed by atoms with Crippen molar-refractivity contribution in [3.63, 3.8) is 0 Å². The number of rotatable bonds is 3. The van der Waals surface area contributed by atoms with Crippen LogP contribution in [-0.2, 0) is 17.6 Å². The summed E-state index contributed by atoms with van der Waals surface area (Å²) >= 11 is 0. The Morgan fingerprint density at radius 3 is 2.20 bits per heavy atom. The van der Waals surface area contributed by atoms with Gasteiger partial charge in [0.05, 0.1) is 12.7 Å². The highest BCUT2D eigenvalue weighted by Crippen LogP contribution is 2.24. The van der Waals surface area contributed by atoms with Crippen LogP contribution in [0.15, 0.2) is 48.5 Å². The molecule has 0 unspecified atom stereocenters. The predicted molar refractivity (Wildman–Crippen MR) is 79.0 cm³/mol. The Morgan fingerprint density at radius 1 is 1.05 bits per heavy atom. The minimum Gasteiger partial charge on any atom is -0.465 e. The van der Waals surface area contributed by atoms with E-state index in [0.29, 0.717) is 11.6 Å². The average Bonchev–Trinajstić information content (AvgIpc) is 2.89. The van der Waals surface area contributed by atoms with Crippen molar-refractivity contribution in [2.45, 2.75) is 18.9 Å². The summed E-state index contributed by atoms with van der Waals surface area (Å²) in [5, 5.41) is 3.52. The van der Waals surface area contributed by atoms with Gasteiger partial charge in [0, 0.05) is 11.7 Å². The second-order valence-electron chi connectivity index (χ2n) is 5.09. The van der Waals surface area contributed by atoms with E-state index in [4.69, 9.17) is 4.74 Å². The number of anilines is 1. The number of carbonyl (C=O) groups excluding carboxylic acids is 1. The molecule has 3 heteroatoms. The molecule has 0 spiro atoms. The molecule has 0 saturated heterocycles. The molecule has 0 aromatic heterocycles. The summed E-state index contributed by atoms with van der Waals surface area (Å²) in [5.74, 6) is -0.301. The first-order valence-electron chi connectivity index (χ1n) is 6.78. The van der Waals surface area contributed by atoms with Crippen molar-refractivity contribution in [1.29, 1.82) is 0 Å². The highest BCUT2D eigenvalue weighted by molar-refractivity contribution is 5.89. The van der Waals surface area contributed by atoms with Gasteiger partial charge in [-0.2, -0.15) is 0 Å². The van der Waals surface area contributed by atoms with E-state index < -0.39 is 0 Å². The number of hydrogen-bond donors (Lipinski definition) is 1. The molecule has 3 rings (SSSR count). The third-order valence-electron chi connectivity index (χ3n) is 3.73. The van der Waals surface area contributed by atoms with Crippen LogP contribution in [0.5, 0.6) is 0 Å². The lowest BCUT2D eigenvalue weighted by molar-refractivity contribution is 0.0601. The molecule has 1 N–H and O–H groups in total. The molecular formula is C17H17NO2. The molecule has 1 aliphatic carbocycles. The topological polar surface area (TPSA) is 38.3 Å². The van der Waals surface area contributed by atoms with E-state index in [1.165, 1.54) is 18.2 Å². The van der Waals surface area contributed by atoms with Crippen LogP contribution in [0.1, 0.15) is 21.5 Å². The maximum atomic E-state index is 11.4. The van der Waals surface area contributed by atoms with Gasteiger partial charge >= 0.3 is 5.97 Å². The lowest BCUT2D eigenvalue weighted by Crippen LogP contribution is -2.19. The predicted octanol–water partition coefficient (Wildman–Crippen LogP) is 3.05. The molecule has 1 aliphatic rings. The van der Waals surface area contributed by atoms with Crippen LogP contribution in [0.25, 0.3) is 0 Å². The summed E-state index contributed by atoms with van der Waals surface area (Å²) in [6.07, 6.45) is 2.10. The first-order chi connectivity index (χ1) is 9.76. The minimum absolute atomic E-state index is 0.301. The number of ether oxygens (including phenoxy) is 1. The van der Waals surface area contributed by atoms with Gasteiger partial charge in [-0.3, -0.25) is 0 Å². The zero-order chi connectivity index (χ0) is 13.9. The highest BCUT2D eigenvalue weighted by atomic mass is 16.5. The maximum absolute atomic E-state index is 11.4. The molecule has 0 saturated carbocycles. The molecule has 2 aromatic rings. The summed E-state index contributed by atoms with van der Waals surface area (Å²) in [5.41, 5.74) is 4.47. The van der Waals surface area contributed by atoms with Gasteiger partial charge in [-0.25, -0.2) is 4.79 Å². The first kappa shape index (κ1) is 12.7. The van der Waals surface area contributed by atoms with Crippen molar-refractivity contribution in [3.8, 4) is 0 Å². The highest BCUT2D eigenvalue weighted by Gasteiger charge is 2.20. The number of fused-ring (bicyclic) bond motifs is 1. The molecule has 2 aromatic carbocycles. The van der Waals surface area contributed by atoms with Gasteiger partial charge in [-0.05, 0) is 48.2 Å². The molecule has 102 valence electrons. The van der Waals surface area contributed by atoms with Crippen molar-refractivity contribution >= 4 is 11.7 Å². The smallest absolute Gasteiger partial charge is 0.337 e. The molecule has 20 heavy (non-hydrogen) atoms. The molecule has 0 bridgehead atoms. The van der Waals surface area contributed by atoms with E-state index in [-0.39, 0.29) is 5.97 Å². The van der Waals surface area contributed by atoms with Gasteiger partial charge in [0.1, 0.15) is 0 Å². The second-order valence-corrected chi connectivity index (χ2v) is 5.09. The van der Waals surface area contributed by atoms with Crippen LogP contribution in [0.3, 0.4) is 0 Å². The average molecular weight is 267 g/mol. The van der Waals surface area contributed by atoms with Crippen LogP contribution in [-0.4, -0.2) is 19.1 Å². The first-order valence-corrected chi connectivity index (χ1v) is 6.78. The SMILES string of the molecule is COC(=O)c1ccc(NC2Cc3ccccc3C2)cc1. The summed E-state index contributed by atoms with van der Waals surface area (Å²) in [6, 6.07) is 16.4. The van der Waals surface area contributed by atoms with Crippen molar-refractivity contribution in [1.82, 2.24) is 0 Å². The Kier molecular flexibility index (Phi) is 3.42. The number of esters is 1. The molecule has 0 fully saturated rings. The van der Waals surface area contributed by atoms with E-state index in [1.54, 1.807) is 12.1 Å². The van der Waals surface area contributed by atoms with Gasteiger partial charge < -0.3 is 10.1 Å². The molecule has 0 heterocycles. The largest absolute Gasteiger partial charge is 0.465 e. The Bertz CT molecular complexity index is 594. The zero-order valence-corrected chi connectivity index (χ0v) is 11.4.